The minimum atomic E-state index is -5.06. The van der Waals surface area contributed by atoms with Crippen molar-refractivity contribution in [3.05, 3.63) is 35.6 Å². The fraction of sp³-hybridized carbons (Fsp3) is 0.300. The number of aliphatic carboxylic acids is 1. The molecule has 1 unspecified atom stereocenters. The van der Waals surface area contributed by atoms with E-state index in [0.29, 0.717) is 0 Å². The van der Waals surface area contributed by atoms with E-state index in [1.807, 2.05) is 0 Å². The van der Waals surface area contributed by atoms with Crippen LogP contribution < -0.4 is 5.73 Å². The standard InChI is InChI=1S/C10H9F4NO2/c11-7-3-1-6(2-4-7)9(5-15,8(16)17)10(12,13)14/h1-4H,5,15H2,(H,16,17). The molecule has 0 aliphatic rings. The van der Waals surface area contributed by atoms with Crippen molar-refractivity contribution in [2.24, 2.45) is 5.73 Å². The highest BCUT2D eigenvalue weighted by molar-refractivity contribution is 5.83. The number of alkyl halides is 3. The van der Waals surface area contributed by atoms with Crippen molar-refractivity contribution in [1.82, 2.24) is 0 Å². The lowest BCUT2D eigenvalue weighted by molar-refractivity contribution is -0.203. The number of carboxylic acid groups (broad SMARTS) is 1. The Morgan fingerprint density at radius 3 is 2.00 bits per heavy atom. The highest BCUT2D eigenvalue weighted by Gasteiger charge is 2.61. The molecule has 0 radical (unpaired) electrons. The van der Waals surface area contributed by atoms with Crippen LogP contribution >= 0.6 is 0 Å². The molecule has 0 bridgehead atoms. The normalized spacial score (nSPS) is 15.4. The lowest BCUT2D eigenvalue weighted by atomic mass is 9.79. The van der Waals surface area contributed by atoms with E-state index in [1.165, 1.54) is 0 Å². The van der Waals surface area contributed by atoms with Crippen LogP contribution in [-0.2, 0) is 10.2 Å². The number of carboxylic acids is 1. The SMILES string of the molecule is NCC(C(=O)O)(c1ccc(F)cc1)C(F)(F)F. The van der Waals surface area contributed by atoms with Gasteiger partial charge in [0, 0.05) is 6.54 Å². The molecule has 1 aromatic rings. The minimum Gasteiger partial charge on any atom is -0.480 e. The Hall–Kier alpha value is -1.63. The molecule has 1 aromatic carbocycles. The Bertz CT molecular complexity index is 415. The van der Waals surface area contributed by atoms with Gasteiger partial charge in [-0.15, -0.1) is 0 Å². The third-order valence-electron chi connectivity index (χ3n) is 2.49. The fourth-order valence-electron chi connectivity index (χ4n) is 1.46. The Morgan fingerprint density at radius 2 is 1.71 bits per heavy atom. The fourth-order valence-corrected chi connectivity index (χ4v) is 1.46. The van der Waals surface area contributed by atoms with E-state index in [2.05, 4.69) is 0 Å². The van der Waals surface area contributed by atoms with Crippen LogP contribution in [0.15, 0.2) is 24.3 Å². The molecule has 1 rings (SSSR count). The first-order valence-electron chi connectivity index (χ1n) is 4.52. The second kappa shape index (κ2) is 4.33. The van der Waals surface area contributed by atoms with Crippen LogP contribution in [0.5, 0.6) is 0 Å². The van der Waals surface area contributed by atoms with E-state index in [9.17, 15) is 22.4 Å². The van der Waals surface area contributed by atoms with Gasteiger partial charge in [-0.05, 0) is 17.7 Å². The van der Waals surface area contributed by atoms with Gasteiger partial charge in [0.2, 0.25) is 0 Å². The van der Waals surface area contributed by atoms with Crippen molar-refractivity contribution >= 4 is 5.97 Å². The summed E-state index contributed by atoms with van der Waals surface area (Å²) in [5.74, 6) is -2.87. The predicted octanol–water partition coefficient (Wildman–Crippen LogP) is 1.67. The van der Waals surface area contributed by atoms with Crippen LogP contribution in [0.2, 0.25) is 0 Å². The van der Waals surface area contributed by atoms with Crippen LogP contribution in [0.4, 0.5) is 17.6 Å². The van der Waals surface area contributed by atoms with E-state index in [1.54, 1.807) is 0 Å². The Labute approximate surface area is 93.8 Å². The number of benzene rings is 1. The summed E-state index contributed by atoms with van der Waals surface area (Å²) < 4.78 is 51.2. The summed E-state index contributed by atoms with van der Waals surface area (Å²) >= 11 is 0. The van der Waals surface area contributed by atoms with Crippen molar-refractivity contribution in [2.75, 3.05) is 6.54 Å². The second-order valence-electron chi connectivity index (χ2n) is 3.42. The molecule has 0 saturated carbocycles. The Kier molecular flexibility index (Phi) is 3.42. The average molecular weight is 251 g/mol. The first-order valence-corrected chi connectivity index (χ1v) is 4.52. The molecular formula is C10H9F4NO2. The van der Waals surface area contributed by atoms with E-state index in [4.69, 9.17) is 10.8 Å². The number of carbonyl (C=O) groups is 1. The molecule has 0 aliphatic heterocycles. The molecular weight excluding hydrogens is 242 g/mol. The predicted molar refractivity (Wildman–Crippen MR) is 50.8 cm³/mol. The van der Waals surface area contributed by atoms with Crippen LogP contribution in [0.3, 0.4) is 0 Å². The highest BCUT2D eigenvalue weighted by Crippen LogP contribution is 2.40. The molecule has 0 aromatic heterocycles. The first kappa shape index (κ1) is 13.4. The monoisotopic (exact) mass is 251 g/mol. The Morgan fingerprint density at radius 1 is 1.24 bits per heavy atom. The maximum Gasteiger partial charge on any atom is 0.410 e. The number of rotatable bonds is 3. The molecule has 0 fully saturated rings. The zero-order valence-electron chi connectivity index (χ0n) is 8.46. The molecule has 0 heterocycles. The van der Waals surface area contributed by atoms with Crippen molar-refractivity contribution in [3.63, 3.8) is 0 Å². The summed E-state index contributed by atoms with van der Waals surface area (Å²) in [5.41, 5.74) is 1.17. The van der Waals surface area contributed by atoms with Crippen LogP contribution in [0.25, 0.3) is 0 Å². The number of nitrogens with two attached hydrogens (primary N) is 1. The molecule has 0 aliphatic carbocycles. The second-order valence-corrected chi connectivity index (χ2v) is 3.42. The van der Waals surface area contributed by atoms with Crippen LogP contribution in [0, 0.1) is 5.82 Å². The summed E-state index contributed by atoms with van der Waals surface area (Å²) in [7, 11) is 0. The van der Waals surface area contributed by atoms with Gasteiger partial charge in [-0.3, -0.25) is 4.79 Å². The molecule has 3 nitrogen and oxygen atoms in total. The molecule has 0 saturated heterocycles. The van der Waals surface area contributed by atoms with Gasteiger partial charge in [0.15, 0.2) is 5.41 Å². The third-order valence-corrected chi connectivity index (χ3v) is 2.49. The maximum absolute atomic E-state index is 12.9. The topological polar surface area (TPSA) is 63.3 Å². The lowest BCUT2D eigenvalue weighted by Gasteiger charge is -2.30. The van der Waals surface area contributed by atoms with E-state index in [0.717, 1.165) is 24.3 Å². The summed E-state index contributed by atoms with van der Waals surface area (Å²) in [4.78, 5) is 10.9. The molecule has 17 heavy (non-hydrogen) atoms. The van der Waals surface area contributed by atoms with Crippen molar-refractivity contribution in [1.29, 1.82) is 0 Å². The first-order chi connectivity index (χ1) is 7.75. The molecule has 94 valence electrons. The van der Waals surface area contributed by atoms with Gasteiger partial charge in [0.1, 0.15) is 5.82 Å². The molecule has 0 amide bonds. The van der Waals surface area contributed by atoms with Crippen molar-refractivity contribution in [2.45, 2.75) is 11.6 Å². The number of hydrogen-bond donors (Lipinski definition) is 2. The highest BCUT2D eigenvalue weighted by atomic mass is 19.4. The zero-order chi connectivity index (χ0) is 13.3. The van der Waals surface area contributed by atoms with Crippen molar-refractivity contribution < 1.29 is 27.5 Å². The Balaban J connectivity index is 3.43. The van der Waals surface area contributed by atoms with Crippen molar-refractivity contribution in [3.8, 4) is 0 Å². The lowest BCUT2D eigenvalue weighted by Crippen LogP contribution is -2.54. The smallest absolute Gasteiger partial charge is 0.410 e. The van der Waals surface area contributed by atoms with Gasteiger partial charge in [-0.1, -0.05) is 12.1 Å². The van der Waals surface area contributed by atoms with Gasteiger partial charge in [0.05, 0.1) is 0 Å². The molecule has 0 spiro atoms. The maximum atomic E-state index is 12.9. The molecule has 7 heteroatoms. The number of hydrogen-bond acceptors (Lipinski definition) is 2. The van der Waals surface area contributed by atoms with E-state index in [-0.39, 0.29) is 0 Å². The quantitative estimate of drug-likeness (QED) is 0.803. The van der Waals surface area contributed by atoms with Gasteiger partial charge in [-0.2, -0.15) is 13.2 Å². The average Bonchev–Trinajstić information content (AvgIpc) is 2.19. The minimum absolute atomic E-state index is 0.596. The van der Waals surface area contributed by atoms with E-state index >= 15 is 0 Å². The largest absolute Gasteiger partial charge is 0.480 e. The molecule has 1 atom stereocenters. The summed E-state index contributed by atoms with van der Waals surface area (Å²) in [6, 6.07) is 3.05. The summed E-state index contributed by atoms with van der Waals surface area (Å²) in [6.07, 6.45) is -5.06. The van der Waals surface area contributed by atoms with Gasteiger partial charge in [-0.25, -0.2) is 4.39 Å². The summed E-state index contributed by atoms with van der Waals surface area (Å²) in [6.45, 7) is -1.16. The van der Waals surface area contributed by atoms with E-state index < -0.39 is 35.5 Å². The third kappa shape index (κ3) is 2.10. The van der Waals surface area contributed by atoms with Gasteiger partial charge >= 0.3 is 12.1 Å². The number of halogens is 4. The zero-order valence-corrected chi connectivity index (χ0v) is 8.46. The van der Waals surface area contributed by atoms with Gasteiger partial charge < -0.3 is 10.8 Å². The van der Waals surface area contributed by atoms with Crippen LogP contribution in [0.1, 0.15) is 5.56 Å². The van der Waals surface area contributed by atoms with Gasteiger partial charge in [0.25, 0.3) is 0 Å². The van der Waals surface area contributed by atoms with Crippen LogP contribution in [-0.4, -0.2) is 23.8 Å². The molecule has 3 N–H and O–H groups in total. The summed E-state index contributed by atoms with van der Waals surface area (Å²) in [5, 5.41) is 8.79.